The summed E-state index contributed by atoms with van der Waals surface area (Å²) in [5.41, 5.74) is 4.83. The second-order valence-electron chi connectivity index (χ2n) is 11.7. The molecular weight excluding hydrogens is 508 g/mol. The van der Waals surface area contributed by atoms with Crippen LogP contribution in [-0.2, 0) is 30.3 Å². The molecule has 2 N–H and O–H groups in total. The molecule has 40 heavy (non-hydrogen) atoms. The molecule has 9 heteroatoms. The maximum Gasteiger partial charge on any atom is 0.325 e. The van der Waals surface area contributed by atoms with E-state index in [0.717, 1.165) is 34.9 Å². The van der Waals surface area contributed by atoms with E-state index < -0.39 is 30.1 Å². The normalized spacial score (nSPS) is 27.9. The third kappa shape index (κ3) is 7.05. The highest BCUT2D eigenvalue weighted by atomic mass is 16.5. The first-order valence-electron chi connectivity index (χ1n) is 14.5. The summed E-state index contributed by atoms with van der Waals surface area (Å²) in [7, 11) is 0. The van der Waals surface area contributed by atoms with E-state index in [1.54, 1.807) is 6.92 Å². The lowest BCUT2D eigenvalue weighted by Crippen LogP contribution is -2.59. The Morgan fingerprint density at radius 2 is 1.77 bits per heavy atom. The highest BCUT2D eigenvalue weighted by Gasteiger charge is 2.34. The van der Waals surface area contributed by atoms with E-state index in [1.807, 2.05) is 52.1 Å². The number of hydrogen-bond acceptors (Lipinski definition) is 7. The fourth-order valence-corrected chi connectivity index (χ4v) is 5.45. The van der Waals surface area contributed by atoms with Gasteiger partial charge < -0.3 is 10.1 Å². The molecule has 9 nitrogen and oxygen atoms in total. The smallest absolute Gasteiger partial charge is 0.325 e. The number of carbonyl (C=O) groups excluding carboxylic acids is 4. The van der Waals surface area contributed by atoms with Gasteiger partial charge in [0, 0.05) is 42.1 Å². The molecule has 216 valence electrons. The fraction of sp³-hybridized carbons (Fsp3) is 0.581. The molecule has 2 aromatic rings. The lowest BCUT2D eigenvalue weighted by molar-refractivity contribution is -0.157. The predicted octanol–water partition coefficient (Wildman–Crippen LogP) is 4.04. The van der Waals surface area contributed by atoms with Crippen molar-refractivity contribution in [3.63, 3.8) is 0 Å². The molecule has 1 aromatic heterocycles. The van der Waals surface area contributed by atoms with Gasteiger partial charge in [-0.05, 0) is 75.0 Å². The van der Waals surface area contributed by atoms with Gasteiger partial charge in [-0.25, -0.2) is 5.43 Å². The van der Waals surface area contributed by atoms with Gasteiger partial charge in [0.1, 0.15) is 24.0 Å². The number of hydrogen-bond donors (Lipinski definition) is 2. The standard InChI is InChI=1S/C31H42N4O5/c1-18(2)26-16-28(36)19(3)8-6-9-25-15-24-14-22(11-12-23(24)17-32-25)21(5)40-31(39)27-10-7-13-35(34-27)30(38)20(4)33-29(26)37/h11-12,14-15,17-21,26-27,34H,6-10,13,16H2,1-5H3,(H,33,37)/t19-,20+,21-,26+,27+/m1/s1. The van der Waals surface area contributed by atoms with Gasteiger partial charge in [-0.3, -0.25) is 29.2 Å². The molecule has 5 atom stereocenters. The number of amides is 2. The molecule has 1 aromatic carbocycles. The maximum absolute atomic E-state index is 13.2. The predicted molar refractivity (Wildman–Crippen MR) is 152 cm³/mol. The lowest BCUT2D eigenvalue weighted by atomic mass is 9.85. The number of nitrogens with one attached hydrogen (secondary N) is 2. The quantitative estimate of drug-likeness (QED) is 0.515. The van der Waals surface area contributed by atoms with Crippen molar-refractivity contribution >= 4 is 34.3 Å². The highest BCUT2D eigenvalue weighted by molar-refractivity contribution is 5.91. The number of benzene rings is 1. The Bertz CT molecular complexity index is 1260. The van der Waals surface area contributed by atoms with Crippen LogP contribution in [0.5, 0.6) is 0 Å². The van der Waals surface area contributed by atoms with Crippen LogP contribution < -0.4 is 10.7 Å². The molecule has 5 bridgehead atoms. The second kappa shape index (κ2) is 12.9. The highest BCUT2D eigenvalue weighted by Crippen LogP contribution is 2.26. The van der Waals surface area contributed by atoms with E-state index >= 15 is 0 Å². The Kier molecular flexibility index (Phi) is 9.56. The summed E-state index contributed by atoms with van der Waals surface area (Å²) in [6.07, 6.45) is 4.91. The molecule has 3 heterocycles. The number of pyridine rings is 1. The Labute approximate surface area is 236 Å². The van der Waals surface area contributed by atoms with Crippen molar-refractivity contribution < 1.29 is 23.9 Å². The minimum Gasteiger partial charge on any atom is -0.457 e. The molecule has 1 saturated heterocycles. The molecule has 0 saturated carbocycles. The third-order valence-electron chi connectivity index (χ3n) is 8.21. The summed E-state index contributed by atoms with van der Waals surface area (Å²) in [6, 6.07) is 6.51. The van der Waals surface area contributed by atoms with E-state index in [9.17, 15) is 19.2 Å². The van der Waals surface area contributed by atoms with Gasteiger partial charge in [-0.15, -0.1) is 0 Å². The van der Waals surface area contributed by atoms with E-state index in [2.05, 4.69) is 21.8 Å². The lowest BCUT2D eigenvalue weighted by Gasteiger charge is -2.35. The van der Waals surface area contributed by atoms with Gasteiger partial charge in [0.25, 0.3) is 5.91 Å². The topological polar surface area (TPSA) is 118 Å². The van der Waals surface area contributed by atoms with Crippen molar-refractivity contribution in [2.75, 3.05) is 6.54 Å². The van der Waals surface area contributed by atoms with E-state index in [0.29, 0.717) is 25.8 Å². The van der Waals surface area contributed by atoms with Crippen molar-refractivity contribution in [1.82, 2.24) is 20.7 Å². The van der Waals surface area contributed by atoms with Crippen LogP contribution in [0.1, 0.15) is 84.1 Å². The van der Waals surface area contributed by atoms with Crippen LogP contribution in [0.25, 0.3) is 10.8 Å². The zero-order valence-corrected chi connectivity index (χ0v) is 24.2. The number of ketones is 1. The van der Waals surface area contributed by atoms with Crippen LogP contribution >= 0.6 is 0 Å². The van der Waals surface area contributed by atoms with Gasteiger partial charge in [-0.1, -0.05) is 32.9 Å². The average molecular weight is 551 g/mol. The SMILES string of the molecule is CC(C)[C@@H]1CC(=O)[C@H](C)CCCc2cc3cc(ccc3cn2)[C@@H](C)OC(=O)[C@@H]2CCCN(N2)C(=O)[C@H](C)NC1=O. The number of rotatable bonds is 1. The average Bonchev–Trinajstić information content (AvgIpc) is 2.94. The Hall–Kier alpha value is -3.33. The summed E-state index contributed by atoms with van der Waals surface area (Å²) >= 11 is 0. The summed E-state index contributed by atoms with van der Waals surface area (Å²) in [5.74, 6) is -1.78. The number of nitrogens with zero attached hydrogens (tertiary/aromatic N) is 2. The number of hydrazine groups is 1. The van der Waals surface area contributed by atoms with Crippen molar-refractivity contribution in [2.24, 2.45) is 17.8 Å². The van der Waals surface area contributed by atoms with Gasteiger partial charge >= 0.3 is 5.97 Å². The van der Waals surface area contributed by atoms with Gasteiger partial charge in [0.2, 0.25) is 5.91 Å². The molecule has 0 spiro atoms. The summed E-state index contributed by atoms with van der Waals surface area (Å²) in [6.45, 7) is 9.64. The number of carbonyl (C=O) groups is 4. The Morgan fingerprint density at radius 3 is 2.52 bits per heavy atom. The zero-order valence-electron chi connectivity index (χ0n) is 24.2. The largest absolute Gasteiger partial charge is 0.457 e. The summed E-state index contributed by atoms with van der Waals surface area (Å²) in [4.78, 5) is 57.2. The zero-order chi connectivity index (χ0) is 29.0. The molecule has 0 radical (unpaired) electrons. The monoisotopic (exact) mass is 550 g/mol. The first kappa shape index (κ1) is 29.6. The fourth-order valence-electron chi connectivity index (χ4n) is 5.45. The molecule has 0 aliphatic carbocycles. The van der Waals surface area contributed by atoms with Crippen LogP contribution in [0, 0.1) is 17.8 Å². The summed E-state index contributed by atoms with van der Waals surface area (Å²) in [5, 5.41) is 6.24. The van der Waals surface area contributed by atoms with Crippen LogP contribution in [0.15, 0.2) is 30.5 Å². The number of cyclic esters (lactones) is 1. The van der Waals surface area contributed by atoms with Crippen LogP contribution in [-0.4, -0.2) is 52.2 Å². The van der Waals surface area contributed by atoms with Crippen LogP contribution in [0.3, 0.4) is 0 Å². The number of aromatic nitrogens is 1. The van der Waals surface area contributed by atoms with Crippen molar-refractivity contribution in [3.05, 3.63) is 41.7 Å². The minimum atomic E-state index is -0.812. The Balaban J connectivity index is 1.60. The molecule has 4 rings (SSSR count). The van der Waals surface area contributed by atoms with Crippen LogP contribution in [0.2, 0.25) is 0 Å². The number of Topliss-reactive ketones (excluding diaryl/α,β-unsaturated/α-hetero) is 1. The number of aryl methyl sites for hydroxylation is 1. The maximum atomic E-state index is 13.2. The van der Waals surface area contributed by atoms with Crippen molar-refractivity contribution in [1.29, 1.82) is 0 Å². The van der Waals surface area contributed by atoms with Crippen molar-refractivity contribution in [3.8, 4) is 0 Å². The molecule has 1 fully saturated rings. The van der Waals surface area contributed by atoms with Gasteiger partial charge in [-0.2, -0.15) is 0 Å². The molecule has 2 aliphatic heterocycles. The number of fused-ring (bicyclic) bond motifs is 4. The molecule has 2 aliphatic rings. The second-order valence-corrected chi connectivity index (χ2v) is 11.7. The van der Waals surface area contributed by atoms with Crippen molar-refractivity contribution in [2.45, 2.75) is 91.3 Å². The van der Waals surface area contributed by atoms with Gasteiger partial charge in [0.15, 0.2) is 0 Å². The van der Waals surface area contributed by atoms with E-state index in [4.69, 9.17) is 4.74 Å². The third-order valence-corrected chi connectivity index (χ3v) is 8.21. The van der Waals surface area contributed by atoms with E-state index in [-0.39, 0.29) is 35.9 Å². The molecule has 0 unspecified atom stereocenters. The minimum absolute atomic E-state index is 0.0547. The first-order chi connectivity index (χ1) is 19.0. The first-order valence-corrected chi connectivity index (χ1v) is 14.5. The molecule has 2 amide bonds. The number of esters is 1. The summed E-state index contributed by atoms with van der Waals surface area (Å²) < 4.78 is 5.82. The van der Waals surface area contributed by atoms with Gasteiger partial charge in [0.05, 0.1) is 0 Å². The Morgan fingerprint density at radius 1 is 1.00 bits per heavy atom. The number of ether oxygens (including phenoxy) is 1. The van der Waals surface area contributed by atoms with Crippen LogP contribution in [0.4, 0.5) is 0 Å². The van der Waals surface area contributed by atoms with E-state index in [1.165, 1.54) is 5.01 Å². The molecular formula is C31H42N4O5.